The van der Waals surface area contributed by atoms with Crippen LogP contribution in [-0.4, -0.2) is 17.6 Å². The molecule has 4 nitrogen and oxygen atoms in total. The first kappa shape index (κ1) is 13.2. The van der Waals surface area contributed by atoms with E-state index in [0.29, 0.717) is 18.0 Å². The highest BCUT2D eigenvalue weighted by molar-refractivity contribution is 5.92. The number of hydrogen-bond acceptors (Lipinski definition) is 2. The van der Waals surface area contributed by atoms with Crippen LogP contribution < -0.4 is 10.1 Å². The fourth-order valence-corrected chi connectivity index (χ4v) is 2.03. The minimum absolute atomic E-state index is 0.0631. The van der Waals surface area contributed by atoms with Crippen molar-refractivity contribution in [2.24, 2.45) is 0 Å². The molecule has 0 fully saturated rings. The van der Waals surface area contributed by atoms with Crippen molar-refractivity contribution < 1.29 is 9.53 Å². The SMILES string of the molecule is COc1ccccc1NC(=O)Cn1c(C)ccc1C. The zero-order chi connectivity index (χ0) is 13.8. The molecule has 1 aromatic carbocycles. The van der Waals surface area contributed by atoms with E-state index in [2.05, 4.69) is 5.32 Å². The molecule has 0 saturated heterocycles. The van der Waals surface area contributed by atoms with Crippen LogP contribution in [0.1, 0.15) is 11.4 Å². The van der Waals surface area contributed by atoms with Crippen LogP contribution in [0.4, 0.5) is 5.69 Å². The van der Waals surface area contributed by atoms with Gasteiger partial charge in [-0.05, 0) is 38.1 Å². The molecule has 0 atom stereocenters. The normalized spacial score (nSPS) is 10.3. The first-order valence-electron chi connectivity index (χ1n) is 6.17. The molecule has 0 aliphatic rings. The third kappa shape index (κ3) is 2.96. The Bertz CT molecular complexity index is 568. The summed E-state index contributed by atoms with van der Waals surface area (Å²) < 4.78 is 7.18. The minimum Gasteiger partial charge on any atom is -0.495 e. The zero-order valence-corrected chi connectivity index (χ0v) is 11.4. The van der Waals surface area contributed by atoms with E-state index in [0.717, 1.165) is 11.4 Å². The summed E-state index contributed by atoms with van der Waals surface area (Å²) in [5.41, 5.74) is 2.85. The number of carbonyl (C=O) groups is 1. The van der Waals surface area contributed by atoms with E-state index < -0.39 is 0 Å². The second kappa shape index (κ2) is 5.61. The van der Waals surface area contributed by atoms with Gasteiger partial charge in [-0.15, -0.1) is 0 Å². The van der Waals surface area contributed by atoms with Crippen molar-refractivity contribution >= 4 is 11.6 Å². The van der Waals surface area contributed by atoms with E-state index in [-0.39, 0.29) is 5.91 Å². The van der Waals surface area contributed by atoms with E-state index in [1.165, 1.54) is 0 Å². The smallest absolute Gasteiger partial charge is 0.244 e. The van der Waals surface area contributed by atoms with Gasteiger partial charge in [0.1, 0.15) is 12.3 Å². The Hall–Kier alpha value is -2.23. The van der Waals surface area contributed by atoms with Gasteiger partial charge in [-0.25, -0.2) is 0 Å². The van der Waals surface area contributed by atoms with Gasteiger partial charge in [0.15, 0.2) is 0 Å². The Morgan fingerprint density at radius 2 is 1.79 bits per heavy atom. The van der Waals surface area contributed by atoms with E-state index in [1.54, 1.807) is 7.11 Å². The maximum atomic E-state index is 12.1. The lowest BCUT2D eigenvalue weighted by Crippen LogP contribution is -2.20. The number of hydrogen-bond donors (Lipinski definition) is 1. The van der Waals surface area contributed by atoms with Gasteiger partial charge in [-0.1, -0.05) is 12.1 Å². The van der Waals surface area contributed by atoms with Gasteiger partial charge in [0.25, 0.3) is 0 Å². The topological polar surface area (TPSA) is 43.3 Å². The van der Waals surface area contributed by atoms with Crippen molar-refractivity contribution in [1.29, 1.82) is 0 Å². The molecular formula is C15H18N2O2. The molecule has 0 bridgehead atoms. The van der Waals surface area contributed by atoms with Crippen LogP contribution in [0, 0.1) is 13.8 Å². The van der Waals surface area contributed by atoms with Gasteiger partial charge in [-0.3, -0.25) is 4.79 Å². The van der Waals surface area contributed by atoms with E-state index in [4.69, 9.17) is 4.74 Å². The summed E-state index contributed by atoms with van der Waals surface area (Å²) in [6.07, 6.45) is 0. The maximum Gasteiger partial charge on any atom is 0.244 e. The number of methoxy groups -OCH3 is 1. The van der Waals surface area contributed by atoms with Crippen LogP contribution in [-0.2, 0) is 11.3 Å². The average Bonchev–Trinajstić information content (AvgIpc) is 2.71. The average molecular weight is 258 g/mol. The second-order valence-corrected chi connectivity index (χ2v) is 4.45. The number of aromatic nitrogens is 1. The number of nitrogens with zero attached hydrogens (tertiary/aromatic N) is 1. The highest BCUT2D eigenvalue weighted by atomic mass is 16.5. The van der Waals surface area contributed by atoms with E-state index in [1.807, 2.05) is 54.8 Å². The summed E-state index contributed by atoms with van der Waals surface area (Å²) in [6.45, 7) is 4.29. The lowest BCUT2D eigenvalue weighted by Gasteiger charge is -2.12. The number of carbonyl (C=O) groups excluding carboxylic acids is 1. The Balaban J connectivity index is 2.10. The Labute approximate surface area is 113 Å². The molecule has 4 heteroatoms. The number of ether oxygens (including phenoxy) is 1. The van der Waals surface area contributed by atoms with Gasteiger partial charge in [0.2, 0.25) is 5.91 Å². The monoisotopic (exact) mass is 258 g/mol. The number of para-hydroxylation sites is 2. The van der Waals surface area contributed by atoms with Gasteiger partial charge in [0, 0.05) is 11.4 Å². The number of aryl methyl sites for hydroxylation is 2. The molecule has 0 radical (unpaired) electrons. The molecule has 1 N–H and O–H groups in total. The minimum atomic E-state index is -0.0631. The predicted molar refractivity (Wildman–Crippen MR) is 75.5 cm³/mol. The molecule has 0 aliphatic heterocycles. The van der Waals surface area contributed by atoms with Gasteiger partial charge >= 0.3 is 0 Å². The fourth-order valence-electron chi connectivity index (χ4n) is 2.03. The molecule has 2 rings (SSSR count). The lowest BCUT2D eigenvalue weighted by atomic mass is 10.3. The fraction of sp³-hybridized carbons (Fsp3) is 0.267. The van der Waals surface area contributed by atoms with Gasteiger partial charge in [0.05, 0.1) is 12.8 Å². The highest BCUT2D eigenvalue weighted by Gasteiger charge is 2.09. The maximum absolute atomic E-state index is 12.1. The Morgan fingerprint density at radius 3 is 2.42 bits per heavy atom. The van der Waals surface area contributed by atoms with Gasteiger partial charge in [-0.2, -0.15) is 0 Å². The number of amides is 1. The number of benzene rings is 1. The summed E-state index contributed by atoms with van der Waals surface area (Å²) in [6, 6.07) is 11.4. The van der Waals surface area contributed by atoms with E-state index >= 15 is 0 Å². The molecule has 1 amide bonds. The predicted octanol–water partition coefficient (Wildman–Crippen LogP) is 2.75. The molecule has 2 aromatic rings. The van der Waals surface area contributed by atoms with Crippen molar-refractivity contribution in [3.05, 3.63) is 47.8 Å². The molecule has 19 heavy (non-hydrogen) atoms. The van der Waals surface area contributed by atoms with Gasteiger partial charge < -0.3 is 14.6 Å². The van der Waals surface area contributed by atoms with E-state index in [9.17, 15) is 4.79 Å². The van der Waals surface area contributed by atoms with Crippen LogP contribution in [0.5, 0.6) is 5.75 Å². The molecule has 1 aromatic heterocycles. The number of rotatable bonds is 4. The molecule has 0 spiro atoms. The first-order chi connectivity index (χ1) is 9.11. The summed E-state index contributed by atoms with van der Waals surface area (Å²) >= 11 is 0. The standard InChI is InChI=1S/C15H18N2O2/c1-11-8-9-12(2)17(11)10-15(18)16-13-6-4-5-7-14(13)19-3/h4-9H,10H2,1-3H3,(H,16,18). The highest BCUT2D eigenvalue weighted by Crippen LogP contribution is 2.23. The summed E-state index contributed by atoms with van der Waals surface area (Å²) in [4.78, 5) is 12.1. The van der Waals surface area contributed by atoms with Crippen LogP contribution in [0.3, 0.4) is 0 Å². The Morgan fingerprint density at radius 1 is 1.16 bits per heavy atom. The van der Waals surface area contributed by atoms with Crippen LogP contribution in [0.15, 0.2) is 36.4 Å². The zero-order valence-electron chi connectivity index (χ0n) is 11.4. The number of anilines is 1. The molecule has 0 saturated carbocycles. The molecule has 1 heterocycles. The van der Waals surface area contributed by atoms with Crippen molar-refractivity contribution in [2.75, 3.05) is 12.4 Å². The molecule has 0 aliphatic carbocycles. The molecule has 0 unspecified atom stereocenters. The van der Waals surface area contributed by atoms with Crippen molar-refractivity contribution in [3.8, 4) is 5.75 Å². The Kier molecular flexibility index (Phi) is 3.90. The summed E-state index contributed by atoms with van der Waals surface area (Å²) in [5.74, 6) is 0.601. The molecular weight excluding hydrogens is 240 g/mol. The second-order valence-electron chi connectivity index (χ2n) is 4.45. The third-order valence-electron chi connectivity index (χ3n) is 3.10. The largest absolute Gasteiger partial charge is 0.495 e. The van der Waals surface area contributed by atoms with Crippen molar-refractivity contribution in [3.63, 3.8) is 0 Å². The first-order valence-corrected chi connectivity index (χ1v) is 6.17. The lowest BCUT2D eigenvalue weighted by molar-refractivity contribution is -0.116. The van der Waals surface area contributed by atoms with Crippen LogP contribution in [0.2, 0.25) is 0 Å². The summed E-state index contributed by atoms with van der Waals surface area (Å²) in [5, 5.41) is 2.87. The van der Waals surface area contributed by atoms with Crippen molar-refractivity contribution in [2.45, 2.75) is 20.4 Å². The molecule has 100 valence electrons. The number of nitrogens with one attached hydrogen (secondary N) is 1. The van der Waals surface area contributed by atoms with Crippen LogP contribution in [0.25, 0.3) is 0 Å². The van der Waals surface area contributed by atoms with Crippen molar-refractivity contribution in [1.82, 2.24) is 4.57 Å². The quantitative estimate of drug-likeness (QED) is 0.916. The van der Waals surface area contributed by atoms with Crippen LogP contribution >= 0.6 is 0 Å². The summed E-state index contributed by atoms with van der Waals surface area (Å²) in [7, 11) is 1.59. The third-order valence-corrected chi connectivity index (χ3v) is 3.10.